The maximum atomic E-state index is 12.5. The summed E-state index contributed by atoms with van der Waals surface area (Å²) in [5.41, 5.74) is 3.01. The minimum Gasteiger partial charge on any atom is -0.388 e. The molecule has 1 saturated heterocycles. The van der Waals surface area contributed by atoms with E-state index >= 15 is 0 Å². The van der Waals surface area contributed by atoms with E-state index in [0.717, 1.165) is 36.3 Å². The van der Waals surface area contributed by atoms with E-state index in [2.05, 4.69) is 19.2 Å². The normalized spacial score (nSPS) is 19.0. The second-order valence-electron chi connectivity index (χ2n) is 5.82. The van der Waals surface area contributed by atoms with Crippen molar-refractivity contribution in [1.82, 2.24) is 4.90 Å². The van der Waals surface area contributed by atoms with Crippen LogP contribution in [-0.4, -0.2) is 30.9 Å². The number of likely N-dealkylation sites (tertiary alicyclic amines) is 1. The molecule has 1 atom stereocenters. The lowest BCUT2D eigenvalue weighted by Crippen LogP contribution is -2.29. The van der Waals surface area contributed by atoms with E-state index in [0.29, 0.717) is 11.8 Å². The van der Waals surface area contributed by atoms with Crippen LogP contribution in [0.1, 0.15) is 36.2 Å². The Balaban J connectivity index is 2.10. The van der Waals surface area contributed by atoms with Crippen LogP contribution in [0.3, 0.4) is 0 Å². The van der Waals surface area contributed by atoms with Crippen molar-refractivity contribution in [3.63, 3.8) is 0 Å². The first-order chi connectivity index (χ1) is 9.02. The first-order valence-corrected chi connectivity index (χ1v) is 7.10. The van der Waals surface area contributed by atoms with Crippen LogP contribution in [0.15, 0.2) is 18.2 Å². The third-order valence-electron chi connectivity index (χ3n) is 4.20. The van der Waals surface area contributed by atoms with Crippen molar-refractivity contribution in [2.45, 2.75) is 27.2 Å². The average molecular weight is 260 g/mol. The summed E-state index contributed by atoms with van der Waals surface area (Å²) in [6.07, 6.45) is 1.14. The Morgan fingerprint density at radius 3 is 2.68 bits per heavy atom. The quantitative estimate of drug-likeness (QED) is 0.905. The lowest BCUT2D eigenvalue weighted by molar-refractivity contribution is 0.0784. The zero-order chi connectivity index (χ0) is 14.0. The van der Waals surface area contributed by atoms with Gasteiger partial charge in [-0.25, -0.2) is 0 Å². The predicted octanol–water partition coefficient (Wildman–Crippen LogP) is 3.15. The Bertz CT molecular complexity index is 468. The molecule has 0 radical (unpaired) electrons. The Morgan fingerprint density at radius 1 is 1.42 bits per heavy atom. The van der Waals surface area contributed by atoms with Gasteiger partial charge in [0.05, 0.1) is 0 Å². The van der Waals surface area contributed by atoms with Gasteiger partial charge in [0.1, 0.15) is 0 Å². The van der Waals surface area contributed by atoms with Crippen LogP contribution in [0.2, 0.25) is 0 Å². The molecule has 0 bridgehead atoms. The molecule has 2 rings (SSSR count). The molecular formula is C16H24N2O. The van der Waals surface area contributed by atoms with Crippen LogP contribution in [0, 0.1) is 18.8 Å². The number of benzene rings is 1. The van der Waals surface area contributed by atoms with Crippen molar-refractivity contribution in [3.8, 4) is 0 Å². The molecule has 0 saturated carbocycles. The van der Waals surface area contributed by atoms with Gasteiger partial charge in [-0.05, 0) is 48.9 Å². The molecule has 19 heavy (non-hydrogen) atoms. The number of rotatable bonds is 3. The molecule has 1 aromatic carbocycles. The molecule has 1 heterocycles. The van der Waals surface area contributed by atoms with Gasteiger partial charge < -0.3 is 10.2 Å². The number of aryl methyl sites for hydroxylation is 1. The van der Waals surface area contributed by atoms with E-state index in [1.165, 1.54) is 0 Å². The maximum Gasteiger partial charge on any atom is 0.253 e. The Hall–Kier alpha value is -1.51. The highest BCUT2D eigenvalue weighted by molar-refractivity contribution is 5.95. The highest BCUT2D eigenvalue weighted by Crippen LogP contribution is 2.25. The van der Waals surface area contributed by atoms with Gasteiger partial charge in [0.15, 0.2) is 0 Å². The number of carbonyl (C=O) groups is 1. The lowest BCUT2D eigenvalue weighted by Gasteiger charge is -2.19. The van der Waals surface area contributed by atoms with Crippen LogP contribution in [0.25, 0.3) is 0 Å². The summed E-state index contributed by atoms with van der Waals surface area (Å²) < 4.78 is 0. The molecule has 1 N–H and O–H groups in total. The molecule has 0 spiro atoms. The Labute approximate surface area is 116 Å². The minimum absolute atomic E-state index is 0.175. The van der Waals surface area contributed by atoms with Crippen molar-refractivity contribution >= 4 is 11.6 Å². The highest BCUT2D eigenvalue weighted by atomic mass is 16.2. The van der Waals surface area contributed by atoms with Crippen LogP contribution >= 0.6 is 0 Å². The van der Waals surface area contributed by atoms with Crippen LogP contribution in [0.4, 0.5) is 5.69 Å². The van der Waals surface area contributed by atoms with Gasteiger partial charge in [-0.1, -0.05) is 13.8 Å². The number of nitrogens with one attached hydrogen (secondary N) is 1. The number of hydrogen-bond donors (Lipinski definition) is 1. The van der Waals surface area contributed by atoms with Gasteiger partial charge >= 0.3 is 0 Å². The van der Waals surface area contributed by atoms with Crippen molar-refractivity contribution in [2.24, 2.45) is 11.8 Å². The fourth-order valence-corrected chi connectivity index (χ4v) is 2.78. The van der Waals surface area contributed by atoms with Gasteiger partial charge in [-0.15, -0.1) is 0 Å². The Morgan fingerprint density at radius 2 is 2.16 bits per heavy atom. The van der Waals surface area contributed by atoms with Crippen LogP contribution in [0.5, 0.6) is 0 Å². The fraction of sp³-hybridized carbons (Fsp3) is 0.562. The zero-order valence-electron chi connectivity index (χ0n) is 12.4. The molecule has 1 aromatic rings. The van der Waals surface area contributed by atoms with E-state index in [4.69, 9.17) is 0 Å². The van der Waals surface area contributed by atoms with Crippen molar-refractivity contribution in [3.05, 3.63) is 29.3 Å². The minimum atomic E-state index is 0.175. The average Bonchev–Trinajstić information content (AvgIpc) is 2.87. The van der Waals surface area contributed by atoms with E-state index < -0.39 is 0 Å². The van der Waals surface area contributed by atoms with Gasteiger partial charge in [-0.3, -0.25) is 4.79 Å². The molecule has 0 aromatic heterocycles. The SMILES string of the molecule is CNc1ccc(C(=O)N2CCC(C(C)C)C2)cc1C. The van der Waals surface area contributed by atoms with Crippen LogP contribution < -0.4 is 5.32 Å². The molecule has 1 fully saturated rings. The van der Waals surface area contributed by atoms with Crippen LogP contribution in [-0.2, 0) is 0 Å². The van der Waals surface area contributed by atoms with Gasteiger partial charge in [0.25, 0.3) is 5.91 Å². The summed E-state index contributed by atoms with van der Waals surface area (Å²) in [5, 5.41) is 3.13. The molecule has 3 nitrogen and oxygen atoms in total. The summed E-state index contributed by atoms with van der Waals surface area (Å²) in [5.74, 6) is 1.49. The molecule has 3 heteroatoms. The third-order valence-corrected chi connectivity index (χ3v) is 4.20. The molecular weight excluding hydrogens is 236 g/mol. The van der Waals surface area contributed by atoms with Crippen molar-refractivity contribution < 1.29 is 4.79 Å². The van der Waals surface area contributed by atoms with Crippen molar-refractivity contribution in [2.75, 3.05) is 25.5 Å². The highest BCUT2D eigenvalue weighted by Gasteiger charge is 2.28. The van der Waals surface area contributed by atoms with Crippen molar-refractivity contribution in [1.29, 1.82) is 0 Å². The monoisotopic (exact) mass is 260 g/mol. The van der Waals surface area contributed by atoms with Gasteiger partial charge in [-0.2, -0.15) is 0 Å². The predicted molar refractivity (Wildman–Crippen MR) is 79.6 cm³/mol. The molecule has 1 aliphatic heterocycles. The topological polar surface area (TPSA) is 32.3 Å². The maximum absolute atomic E-state index is 12.5. The van der Waals surface area contributed by atoms with E-state index in [1.807, 2.05) is 37.1 Å². The summed E-state index contributed by atoms with van der Waals surface area (Å²) >= 11 is 0. The number of carbonyl (C=O) groups excluding carboxylic acids is 1. The number of anilines is 1. The largest absolute Gasteiger partial charge is 0.388 e. The summed E-state index contributed by atoms with van der Waals surface area (Å²) in [6, 6.07) is 5.89. The number of nitrogens with zero attached hydrogens (tertiary/aromatic N) is 1. The number of amides is 1. The van der Waals surface area contributed by atoms with Gasteiger partial charge in [0, 0.05) is 31.4 Å². The summed E-state index contributed by atoms with van der Waals surface area (Å²) in [4.78, 5) is 14.5. The lowest BCUT2D eigenvalue weighted by atomic mass is 9.95. The molecule has 1 amide bonds. The van der Waals surface area contributed by atoms with E-state index in [1.54, 1.807) is 0 Å². The Kier molecular flexibility index (Phi) is 4.13. The molecule has 104 valence electrons. The molecule has 1 aliphatic rings. The third kappa shape index (κ3) is 2.91. The number of hydrogen-bond acceptors (Lipinski definition) is 2. The second-order valence-corrected chi connectivity index (χ2v) is 5.82. The fourth-order valence-electron chi connectivity index (χ4n) is 2.78. The standard InChI is InChI=1S/C16H24N2O/c1-11(2)14-7-8-18(10-14)16(19)13-5-6-15(17-4)12(3)9-13/h5-6,9,11,14,17H,7-8,10H2,1-4H3. The summed E-state index contributed by atoms with van der Waals surface area (Å²) in [7, 11) is 1.90. The second kappa shape index (κ2) is 5.64. The van der Waals surface area contributed by atoms with E-state index in [9.17, 15) is 4.79 Å². The summed E-state index contributed by atoms with van der Waals surface area (Å²) in [6.45, 7) is 8.32. The molecule has 0 aliphatic carbocycles. The zero-order valence-corrected chi connectivity index (χ0v) is 12.4. The van der Waals surface area contributed by atoms with Gasteiger partial charge in [0.2, 0.25) is 0 Å². The molecule has 1 unspecified atom stereocenters. The van der Waals surface area contributed by atoms with E-state index in [-0.39, 0.29) is 5.91 Å². The first kappa shape index (κ1) is 13.9. The smallest absolute Gasteiger partial charge is 0.253 e. The first-order valence-electron chi connectivity index (χ1n) is 7.10.